The van der Waals surface area contributed by atoms with Gasteiger partial charge in [-0.25, -0.2) is 0 Å². The van der Waals surface area contributed by atoms with Gasteiger partial charge in [-0.15, -0.1) is 11.8 Å². The lowest BCUT2D eigenvalue weighted by Crippen LogP contribution is -2.19. The van der Waals surface area contributed by atoms with E-state index in [1.807, 2.05) is 18.4 Å². The van der Waals surface area contributed by atoms with Gasteiger partial charge in [-0.2, -0.15) is 0 Å². The van der Waals surface area contributed by atoms with E-state index in [1.54, 1.807) is 30.0 Å². The van der Waals surface area contributed by atoms with E-state index in [-0.39, 0.29) is 11.5 Å². The van der Waals surface area contributed by atoms with Gasteiger partial charge in [0.05, 0.1) is 11.1 Å². The highest BCUT2D eigenvalue weighted by Gasteiger charge is 2.26. The average Bonchev–Trinajstić information content (AvgIpc) is 2.81. The quantitative estimate of drug-likeness (QED) is 0.674. The number of anilines is 1. The molecule has 110 valence electrons. The van der Waals surface area contributed by atoms with Gasteiger partial charge in [-0.05, 0) is 42.7 Å². The molecule has 5 nitrogen and oxygen atoms in total. The molecule has 0 aliphatic carbocycles. The molecule has 0 aromatic heterocycles. The summed E-state index contributed by atoms with van der Waals surface area (Å²) >= 11 is 1.55. The number of hydrogen-bond donors (Lipinski definition) is 2. The van der Waals surface area contributed by atoms with Crippen LogP contribution < -0.4 is 10.6 Å². The first-order valence-electron chi connectivity index (χ1n) is 6.53. The highest BCUT2D eigenvalue weighted by molar-refractivity contribution is 7.98. The second-order valence-corrected chi connectivity index (χ2v) is 5.61. The van der Waals surface area contributed by atoms with Gasteiger partial charge in [-0.1, -0.05) is 6.07 Å². The van der Waals surface area contributed by atoms with Crippen LogP contribution >= 0.6 is 11.8 Å². The first-order valence-corrected chi connectivity index (χ1v) is 7.76. The summed E-state index contributed by atoms with van der Waals surface area (Å²) in [4.78, 5) is 36.3. The molecule has 3 rings (SSSR count). The third-order valence-electron chi connectivity index (χ3n) is 3.33. The number of hydrogen-bond acceptors (Lipinski definition) is 4. The molecule has 0 unspecified atom stereocenters. The van der Waals surface area contributed by atoms with E-state index in [2.05, 4.69) is 10.6 Å². The van der Waals surface area contributed by atoms with Gasteiger partial charge in [0.1, 0.15) is 0 Å². The molecule has 6 heteroatoms. The van der Waals surface area contributed by atoms with Crippen LogP contribution in [0.1, 0.15) is 31.1 Å². The highest BCUT2D eigenvalue weighted by Crippen LogP contribution is 2.21. The maximum atomic E-state index is 12.2. The Morgan fingerprint density at radius 2 is 1.82 bits per heavy atom. The average molecular weight is 312 g/mol. The van der Waals surface area contributed by atoms with Crippen LogP contribution in [0.2, 0.25) is 0 Å². The van der Waals surface area contributed by atoms with Crippen molar-refractivity contribution in [2.75, 3.05) is 11.6 Å². The van der Waals surface area contributed by atoms with Gasteiger partial charge < -0.3 is 5.32 Å². The molecule has 0 radical (unpaired) electrons. The van der Waals surface area contributed by atoms with E-state index < -0.39 is 11.8 Å². The molecule has 1 heterocycles. The zero-order valence-electron chi connectivity index (χ0n) is 11.7. The van der Waals surface area contributed by atoms with Gasteiger partial charge >= 0.3 is 0 Å². The monoisotopic (exact) mass is 312 g/mol. The fourth-order valence-electron chi connectivity index (χ4n) is 2.21. The van der Waals surface area contributed by atoms with E-state index in [0.29, 0.717) is 16.8 Å². The standard InChI is InChI=1S/C16H12N2O3S/c1-22-11-4-2-3-9(7-11)14(19)17-10-5-6-12-13(8-10)16(21)18-15(12)20/h2-8H,1H3,(H,17,19)(H,18,20,21). The van der Waals surface area contributed by atoms with Crippen LogP contribution in [0.3, 0.4) is 0 Å². The number of benzene rings is 2. The zero-order chi connectivity index (χ0) is 15.7. The molecule has 2 aromatic carbocycles. The molecule has 2 aromatic rings. The summed E-state index contributed by atoms with van der Waals surface area (Å²) in [5, 5.41) is 4.95. The van der Waals surface area contributed by atoms with Gasteiger partial charge in [0.25, 0.3) is 17.7 Å². The predicted molar refractivity (Wildman–Crippen MR) is 84.4 cm³/mol. The van der Waals surface area contributed by atoms with E-state index in [9.17, 15) is 14.4 Å². The van der Waals surface area contributed by atoms with E-state index in [4.69, 9.17) is 0 Å². The lowest BCUT2D eigenvalue weighted by molar-refractivity contribution is 0.0878. The van der Waals surface area contributed by atoms with Crippen molar-refractivity contribution in [3.05, 3.63) is 59.2 Å². The van der Waals surface area contributed by atoms with E-state index in [0.717, 1.165) is 4.90 Å². The molecule has 2 N–H and O–H groups in total. The number of carbonyl (C=O) groups excluding carboxylic acids is 3. The number of nitrogens with one attached hydrogen (secondary N) is 2. The fourth-order valence-corrected chi connectivity index (χ4v) is 2.67. The Balaban J connectivity index is 1.84. The molecule has 3 amide bonds. The maximum Gasteiger partial charge on any atom is 0.259 e. The van der Waals surface area contributed by atoms with Gasteiger partial charge in [0, 0.05) is 16.1 Å². The molecule has 0 bridgehead atoms. The molecular weight excluding hydrogens is 300 g/mol. The largest absolute Gasteiger partial charge is 0.322 e. The Labute approximate surface area is 131 Å². The number of carbonyl (C=O) groups is 3. The van der Waals surface area contributed by atoms with Crippen molar-refractivity contribution in [2.45, 2.75) is 4.90 Å². The van der Waals surface area contributed by atoms with Crippen LogP contribution in [-0.2, 0) is 0 Å². The van der Waals surface area contributed by atoms with Crippen LogP contribution in [0.4, 0.5) is 5.69 Å². The first kappa shape index (κ1) is 14.3. The number of imide groups is 1. The topological polar surface area (TPSA) is 75.3 Å². The zero-order valence-corrected chi connectivity index (χ0v) is 12.5. The summed E-state index contributed by atoms with van der Waals surface area (Å²) in [6, 6.07) is 11.9. The van der Waals surface area contributed by atoms with Crippen molar-refractivity contribution in [3.63, 3.8) is 0 Å². The van der Waals surface area contributed by atoms with Crippen LogP contribution in [-0.4, -0.2) is 24.0 Å². The molecule has 1 aliphatic rings. The van der Waals surface area contributed by atoms with Gasteiger partial charge in [0.15, 0.2) is 0 Å². The number of amides is 3. The molecule has 0 fully saturated rings. The molecule has 1 aliphatic heterocycles. The van der Waals surface area contributed by atoms with Crippen molar-refractivity contribution in [1.82, 2.24) is 5.32 Å². The molecule has 0 saturated heterocycles. The normalized spacial score (nSPS) is 12.8. The molecule has 0 spiro atoms. The van der Waals surface area contributed by atoms with Crippen LogP contribution in [0.5, 0.6) is 0 Å². The van der Waals surface area contributed by atoms with Crippen molar-refractivity contribution in [2.24, 2.45) is 0 Å². The van der Waals surface area contributed by atoms with Crippen molar-refractivity contribution >= 4 is 35.2 Å². The first-order chi connectivity index (χ1) is 10.6. The Morgan fingerprint density at radius 1 is 1.05 bits per heavy atom. The Kier molecular flexibility index (Phi) is 3.68. The Bertz CT molecular complexity index is 802. The molecule has 0 atom stereocenters. The maximum absolute atomic E-state index is 12.2. The molecule has 0 saturated carbocycles. The molecular formula is C16H12N2O3S. The van der Waals surface area contributed by atoms with Gasteiger partial charge in [-0.3, -0.25) is 19.7 Å². The Morgan fingerprint density at radius 3 is 2.59 bits per heavy atom. The lowest BCUT2D eigenvalue weighted by atomic mass is 10.1. The minimum atomic E-state index is -0.444. The highest BCUT2D eigenvalue weighted by atomic mass is 32.2. The smallest absolute Gasteiger partial charge is 0.259 e. The summed E-state index contributed by atoms with van der Waals surface area (Å²) in [6.07, 6.45) is 1.94. The fraction of sp³-hybridized carbons (Fsp3) is 0.0625. The van der Waals surface area contributed by atoms with Gasteiger partial charge in [0.2, 0.25) is 0 Å². The summed E-state index contributed by atoms with van der Waals surface area (Å²) in [6.45, 7) is 0. The second kappa shape index (κ2) is 5.65. The lowest BCUT2D eigenvalue weighted by Gasteiger charge is -2.07. The number of rotatable bonds is 3. The summed E-state index contributed by atoms with van der Waals surface area (Å²) < 4.78 is 0. The third kappa shape index (κ3) is 2.60. The van der Waals surface area contributed by atoms with Crippen LogP contribution in [0.25, 0.3) is 0 Å². The third-order valence-corrected chi connectivity index (χ3v) is 4.05. The Hall–Kier alpha value is -2.60. The van der Waals surface area contributed by atoms with Crippen LogP contribution in [0.15, 0.2) is 47.4 Å². The van der Waals surface area contributed by atoms with E-state index >= 15 is 0 Å². The predicted octanol–water partition coefficient (Wildman–Crippen LogP) is 2.54. The van der Waals surface area contributed by atoms with Crippen LogP contribution in [0, 0.1) is 0 Å². The number of fused-ring (bicyclic) bond motifs is 1. The summed E-state index contributed by atoms with van der Waals surface area (Å²) in [5.41, 5.74) is 1.61. The number of thioether (sulfide) groups is 1. The summed E-state index contributed by atoms with van der Waals surface area (Å²) in [7, 11) is 0. The second-order valence-electron chi connectivity index (χ2n) is 4.73. The summed E-state index contributed by atoms with van der Waals surface area (Å²) in [5.74, 6) is -1.12. The SMILES string of the molecule is CSc1cccc(C(=O)Nc2ccc3c(c2)C(=O)NC3=O)c1. The minimum absolute atomic E-state index is 0.263. The van der Waals surface area contributed by atoms with Crippen molar-refractivity contribution in [3.8, 4) is 0 Å². The molecule has 22 heavy (non-hydrogen) atoms. The van der Waals surface area contributed by atoms with E-state index in [1.165, 1.54) is 12.1 Å². The minimum Gasteiger partial charge on any atom is -0.322 e. The van der Waals surface area contributed by atoms with Crippen molar-refractivity contribution in [1.29, 1.82) is 0 Å². The van der Waals surface area contributed by atoms with Crippen molar-refractivity contribution < 1.29 is 14.4 Å².